The molecule has 0 radical (unpaired) electrons. The molecule has 3 saturated heterocycles. The van der Waals surface area contributed by atoms with E-state index < -0.39 is 6.17 Å². The van der Waals surface area contributed by atoms with E-state index in [1.54, 1.807) is 0 Å². The predicted octanol–water partition coefficient (Wildman–Crippen LogP) is 1.32. The normalized spacial score (nSPS) is 41.1. The van der Waals surface area contributed by atoms with Gasteiger partial charge >= 0.3 is 0 Å². The van der Waals surface area contributed by atoms with Gasteiger partial charge in [-0.3, -0.25) is 14.5 Å². The van der Waals surface area contributed by atoms with Gasteiger partial charge in [-0.1, -0.05) is 6.92 Å². The number of nitrogens with zero attached hydrogens (tertiary/aromatic N) is 2. The maximum Gasteiger partial charge on any atom is 0.237 e. The standard InChI is InChI=1S/C24H39FN4O3/c1-15-5-6-20(25)19-12-21(27-22(15)19)23(30)26-17-3-2-4-18(11-17)28-7-9-29(10-8-28)24(31)16-13-32-14-16/h15-22,27H,2-14H2,1H3,(H,26,30)/t15?,17-,18-,19?,20?,21?,22?/m1/s1. The van der Waals surface area contributed by atoms with Crippen molar-refractivity contribution >= 4 is 11.8 Å². The van der Waals surface area contributed by atoms with E-state index in [0.29, 0.717) is 38.0 Å². The van der Waals surface area contributed by atoms with Crippen LogP contribution in [0.15, 0.2) is 0 Å². The highest BCUT2D eigenvalue weighted by molar-refractivity contribution is 5.82. The zero-order valence-electron chi connectivity index (χ0n) is 19.3. The van der Waals surface area contributed by atoms with Gasteiger partial charge in [0.1, 0.15) is 6.17 Å². The molecule has 7 nitrogen and oxygen atoms in total. The molecule has 3 aliphatic heterocycles. The Morgan fingerprint density at radius 1 is 1.03 bits per heavy atom. The van der Waals surface area contributed by atoms with E-state index in [4.69, 9.17) is 4.74 Å². The summed E-state index contributed by atoms with van der Waals surface area (Å²) in [6.07, 6.45) is 5.65. The van der Waals surface area contributed by atoms with Crippen LogP contribution in [0.4, 0.5) is 4.39 Å². The SMILES string of the molecule is CC1CCC(F)C2CC(C(=O)N[C@@H]3CCC[C@@H](N4CCN(C(=O)C5COC5)CC4)C3)NC12. The van der Waals surface area contributed by atoms with Crippen molar-refractivity contribution in [2.75, 3.05) is 39.4 Å². The Hall–Kier alpha value is -1.25. The van der Waals surface area contributed by atoms with Gasteiger partial charge in [0.25, 0.3) is 0 Å². The van der Waals surface area contributed by atoms with Crippen molar-refractivity contribution in [2.24, 2.45) is 17.8 Å². The minimum Gasteiger partial charge on any atom is -0.380 e. The first-order valence-corrected chi connectivity index (χ1v) is 12.8. The average Bonchev–Trinajstić information content (AvgIpc) is 3.23. The molecule has 5 unspecified atom stereocenters. The highest BCUT2D eigenvalue weighted by atomic mass is 19.1. The van der Waals surface area contributed by atoms with Crippen LogP contribution >= 0.6 is 0 Å². The number of fused-ring (bicyclic) bond motifs is 1. The third kappa shape index (κ3) is 4.55. The van der Waals surface area contributed by atoms with Crippen LogP contribution in [0.3, 0.4) is 0 Å². The second-order valence-corrected chi connectivity index (χ2v) is 10.8. The quantitative estimate of drug-likeness (QED) is 0.676. The van der Waals surface area contributed by atoms with E-state index in [1.807, 2.05) is 4.90 Å². The lowest BCUT2D eigenvalue weighted by Gasteiger charge is -2.43. The number of piperazine rings is 1. The van der Waals surface area contributed by atoms with Crippen LogP contribution in [0, 0.1) is 17.8 Å². The molecular weight excluding hydrogens is 411 g/mol. The number of carbonyl (C=O) groups is 2. The molecule has 5 aliphatic rings. The number of amides is 2. The summed E-state index contributed by atoms with van der Waals surface area (Å²) in [7, 11) is 0. The third-order valence-electron chi connectivity index (χ3n) is 8.78. The van der Waals surface area contributed by atoms with Crippen molar-refractivity contribution in [2.45, 2.75) is 82.2 Å². The zero-order valence-corrected chi connectivity index (χ0v) is 19.3. The van der Waals surface area contributed by atoms with E-state index in [-0.39, 0.29) is 41.8 Å². The molecule has 7 atom stereocenters. The molecule has 0 bridgehead atoms. The lowest BCUT2D eigenvalue weighted by atomic mass is 9.77. The number of ether oxygens (including phenoxy) is 1. The molecule has 180 valence electrons. The van der Waals surface area contributed by atoms with Gasteiger partial charge in [0.15, 0.2) is 0 Å². The van der Waals surface area contributed by atoms with Gasteiger partial charge in [0, 0.05) is 50.2 Å². The molecule has 3 heterocycles. The summed E-state index contributed by atoms with van der Waals surface area (Å²) in [4.78, 5) is 30.0. The Bertz CT molecular complexity index is 679. The predicted molar refractivity (Wildman–Crippen MR) is 119 cm³/mol. The van der Waals surface area contributed by atoms with Crippen LogP contribution < -0.4 is 10.6 Å². The van der Waals surface area contributed by atoms with Crippen LogP contribution in [0.25, 0.3) is 0 Å². The molecule has 5 fully saturated rings. The fraction of sp³-hybridized carbons (Fsp3) is 0.917. The highest BCUT2D eigenvalue weighted by Gasteiger charge is 2.46. The van der Waals surface area contributed by atoms with Gasteiger partial charge < -0.3 is 20.3 Å². The summed E-state index contributed by atoms with van der Waals surface area (Å²) in [6.45, 7) is 6.73. The molecule has 5 rings (SSSR count). The maximum absolute atomic E-state index is 14.4. The van der Waals surface area contributed by atoms with Gasteiger partial charge in [-0.05, 0) is 50.9 Å². The lowest BCUT2D eigenvalue weighted by molar-refractivity contribution is -0.152. The largest absolute Gasteiger partial charge is 0.380 e. The van der Waals surface area contributed by atoms with Gasteiger partial charge in [0.2, 0.25) is 11.8 Å². The number of rotatable bonds is 4. The van der Waals surface area contributed by atoms with Gasteiger partial charge in [-0.15, -0.1) is 0 Å². The Morgan fingerprint density at radius 2 is 1.81 bits per heavy atom. The van der Waals surface area contributed by atoms with Crippen LogP contribution in [0.1, 0.15) is 51.9 Å². The molecule has 32 heavy (non-hydrogen) atoms. The molecule has 0 aromatic heterocycles. The Kier molecular flexibility index (Phi) is 6.72. The van der Waals surface area contributed by atoms with Gasteiger partial charge in [-0.25, -0.2) is 4.39 Å². The summed E-state index contributed by atoms with van der Waals surface area (Å²) in [5.74, 6) is 0.798. The Morgan fingerprint density at radius 3 is 2.50 bits per heavy atom. The van der Waals surface area contributed by atoms with Crippen LogP contribution in [0.5, 0.6) is 0 Å². The van der Waals surface area contributed by atoms with Crippen molar-refractivity contribution in [1.29, 1.82) is 0 Å². The summed E-state index contributed by atoms with van der Waals surface area (Å²) in [6, 6.07) is 0.539. The van der Waals surface area contributed by atoms with Gasteiger partial charge in [-0.2, -0.15) is 0 Å². The molecule has 0 aromatic rings. The first-order chi connectivity index (χ1) is 15.5. The third-order valence-corrected chi connectivity index (χ3v) is 8.78. The smallest absolute Gasteiger partial charge is 0.237 e. The Labute approximate surface area is 190 Å². The molecule has 0 aromatic carbocycles. The van der Waals surface area contributed by atoms with Crippen molar-refractivity contribution in [3.8, 4) is 0 Å². The average molecular weight is 451 g/mol. The summed E-state index contributed by atoms with van der Waals surface area (Å²) >= 11 is 0. The zero-order chi connectivity index (χ0) is 22.2. The lowest BCUT2D eigenvalue weighted by Crippen LogP contribution is -2.57. The molecule has 8 heteroatoms. The van der Waals surface area contributed by atoms with Crippen LogP contribution in [-0.4, -0.2) is 91.3 Å². The minimum atomic E-state index is -0.775. The first kappa shape index (κ1) is 22.5. The van der Waals surface area contributed by atoms with Crippen molar-refractivity contribution in [3.63, 3.8) is 0 Å². The topological polar surface area (TPSA) is 73.9 Å². The maximum atomic E-state index is 14.4. The highest BCUT2D eigenvalue weighted by Crippen LogP contribution is 2.38. The molecule has 2 N–H and O–H groups in total. The fourth-order valence-corrected chi connectivity index (χ4v) is 6.67. The van der Waals surface area contributed by atoms with Crippen LogP contribution in [-0.2, 0) is 14.3 Å². The number of nitrogens with one attached hydrogen (secondary N) is 2. The molecule has 2 amide bonds. The molecular formula is C24H39FN4O3. The molecule has 0 spiro atoms. The summed E-state index contributed by atoms with van der Waals surface area (Å²) in [5, 5.41) is 6.76. The monoisotopic (exact) mass is 450 g/mol. The van der Waals surface area contributed by atoms with E-state index in [0.717, 1.165) is 58.3 Å². The van der Waals surface area contributed by atoms with E-state index in [1.165, 1.54) is 0 Å². The molecule has 2 aliphatic carbocycles. The minimum absolute atomic E-state index is 0.0147. The van der Waals surface area contributed by atoms with E-state index in [2.05, 4.69) is 22.5 Å². The van der Waals surface area contributed by atoms with Crippen molar-refractivity contribution in [1.82, 2.24) is 20.4 Å². The van der Waals surface area contributed by atoms with E-state index >= 15 is 0 Å². The Balaban J connectivity index is 1.09. The summed E-state index contributed by atoms with van der Waals surface area (Å²) < 4.78 is 19.6. The first-order valence-electron chi connectivity index (χ1n) is 12.8. The van der Waals surface area contributed by atoms with E-state index in [9.17, 15) is 14.0 Å². The number of carbonyl (C=O) groups excluding carboxylic acids is 2. The van der Waals surface area contributed by atoms with Gasteiger partial charge in [0.05, 0.1) is 25.2 Å². The fourth-order valence-electron chi connectivity index (χ4n) is 6.67. The van der Waals surface area contributed by atoms with Crippen molar-refractivity contribution < 1.29 is 18.7 Å². The summed E-state index contributed by atoms with van der Waals surface area (Å²) in [5.41, 5.74) is 0. The molecule has 2 saturated carbocycles. The number of alkyl halides is 1. The number of hydrogen-bond acceptors (Lipinski definition) is 5. The van der Waals surface area contributed by atoms with Crippen LogP contribution in [0.2, 0.25) is 0 Å². The second-order valence-electron chi connectivity index (χ2n) is 10.8. The second kappa shape index (κ2) is 9.55. The number of halogens is 1. The van der Waals surface area contributed by atoms with Crippen molar-refractivity contribution in [3.05, 3.63) is 0 Å². The number of hydrogen-bond donors (Lipinski definition) is 2.